The molecule has 5 nitrogen and oxygen atoms in total. The normalized spacial score (nSPS) is 21.9. The van der Waals surface area contributed by atoms with Crippen LogP contribution in [-0.2, 0) is 10.0 Å². The molecule has 0 aromatic heterocycles. The highest BCUT2D eigenvalue weighted by Gasteiger charge is 2.26. The second kappa shape index (κ2) is 7.27. The van der Waals surface area contributed by atoms with Crippen molar-refractivity contribution in [2.24, 2.45) is 11.8 Å². The lowest BCUT2D eigenvalue weighted by Crippen LogP contribution is -2.42. The lowest BCUT2D eigenvalue weighted by Gasteiger charge is -2.35. The monoisotopic (exact) mass is 336 g/mol. The number of hydrogen-bond acceptors (Lipinski definition) is 3. The number of hydrogen-bond donors (Lipinski definition) is 1. The highest BCUT2D eigenvalue weighted by molar-refractivity contribution is 7.89. The van der Waals surface area contributed by atoms with Gasteiger partial charge in [-0.05, 0) is 42.5 Å². The van der Waals surface area contributed by atoms with Crippen molar-refractivity contribution in [3.8, 4) is 0 Å². The van der Waals surface area contributed by atoms with Crippen LogP contribution in [0.15, 0.2) is 41.8 Å². The maximum absolute atomic E-state index is 12.6. The molecule has 1 saturated heterocycles. The maximum atomic E-state index is 12.6. The summed E-state index contributed by atoms with van der Waals surface area (Å²) >= 11 is 0. The van der Waals surface area contributed by atoms with Crippen LogP contribution in [0, 0.1) is 11.8 Å². The molecule has 0 unspecified atom stereocenters. The Labute approximate surface area is 138 Å². The smallest absolute Gasteiger partial charge is 0.253 e. The Morgan fingerprint density at radius 2 is 1.83 bits per heavy atom. The number of carbonyl (C=O) groups is 1. The van der Waals surface area contributed by atoms with E-state index in [9.17, 15) is 13.2 Å². The molecule has 0 aliphatic carbocycles. The van der Waals surface area contributed by atoms with Crippen molar-refractivity contribution in [2.75, 3.05) is 19.6 Å². The number of nitrogens with one attached hydrogen (secondary N) is 1. The first-order valence-electron chi connectivity index (χ1n) is 7.83. The number of benzene rings is 1. The molecule has 1 aliphatic rings. The average molecular weight is 336 g/mol. The van der Waals surface area contributed by atoms with Crippen LogP contribution in [-0.4, -0.2) is 38.9 Å². The minimum Gasteiger partial charge on any atom is -0.338 e. The Morgan fingerprint density at radius 3 is 2.35 bits per heavy atom. The van der Waals surface area contributed by atoms with E-state index in [0.717, 1.165) is 19.5 Å². The van der Waals surface area contributed by atoms with E-state index in [1.807, 2.05) is 4.90 Å². The summed E-state index contributed by atoms with van der Waals surface area (Å²) in [6.45, 7) is 9.46. The lowest BCUT2D eigenvalue weighted by molar-refractivity contribution is 0.0623. The van der Waals surface area contributed by atoms with Crippen molar-refractivity contribution in [3.63, 3.8) is 0 Å². The van der Waals surface area contributed by atoms with E-state index in [-0.39, 0.29) is 17.3 Å². The molecular weight excluding hydrogens is 312 g/mol. The van der Waals surface area contributed by atoms with E-state index in [4.69, 9.17) is 0 Å². The molecule has 1 heterocycles. The van der Waals surface area contributed by atoms with E-state index in [0.29, 0.717) is 17.4 Å². The van der Waals surface area contributed by atoms with E-state index in [2.05, 4.69) is 25.1 Å². The molecule has 0 radical (unpaired) electrons. The second-order valence-electron chi connectivity index (χ2n) is 6.32. The predicted molar refractivity (Wildman–Crippen MR) is 90.7 cm³/mol. The van der Waals surface area contributed by atoms with Gasteiger partial charge in [0.2, 0.25) is 10.0 Å². The zero-order valence-corrected chi connectivity index (χ0v) is 14.5. The first-order chi connectivity index (χ1) is 10.8. The summed E-state index contributed by atoms with van der Waals surface area (Å²) in [5.74, 6) is 0.947. The molecule has 1 fully saturated rings. The third-order valence-electron chi connectivity index (χ3n) is 3.99. The van der Waals surface area contributed by atoms with Gasteiger partial charge in [0.15, 0.2) is 0 Å². The Kier molecular flexibility index (Phi) is 5.59. The molecular formula is C17H24N2O3S. The van der Waals surface area contributed by atoms with Crippen LogP contribution < -0.4 is 4.72 Å². The maximum Gasteiger partial charge on any atom is 0.253 e. The number of nitrogens with zero attached hydrogens (tertiary/aromatic N) is 1. The number of piperidine rings is 1. The first kappa shape index (κ1) is 17.7. The van der Waals surface area contributed by atoms with Crippen molar-refractivity contribution < 1.29 is 13.2 Å². The van der Waals surface area contributed by atoms with Gasteiger partial charge in [0.1, 0.15) is 0 Å². The summed E-state index contributed by atoms with van der Waals surface area (Å²) in [5, 5.41) is 0. The van der Waals surface area contributed by atoms with Crippen LogP contribution in [0.3, 0.4) is 0 Å². The standard InChI is InChI=1S/C17H24N2O3S/c1-4-9-18-23(21,22)16-7-5-15(6-8-16)17(20)19-11-13(2)10-14(3)12-19/h4-8,13-14,18H,1,9-12H2,2-3H3/t13-,14+. The molecule has 1 aliphatic heterocycles. The Hall–Kier alpha value is -1.66. The fourth-order valence-corrected chi connectivity index (χ4v) is 4.04. The molecule has 0 spiro atoms. The molecule has 1 N–H and O–H groups in total. The van der Waals surface area contributed by atoms with Crippen molar-refractivity contribution in [1.82, 2.24) is 9.62 Å². The van der Waals surface area contributed by atoms with Crippen LogP contribution in [0.1, 0.15) is 30.6 Å². The van der Waals surface area contributed by atoms with Gasteiger partial charge >= 0.3 is 0 Å². The zero-order valence-electron chi connectivity index (χ0n) is 13.7. The number of carbonyl (C=O) groups excluding carboxylic acids is 1. The fourth-order valence-electron chi connectivity index (χ4n) is 3.04. The lowest BCUT2D eigenvalue weighted by atomic mass is 9.91. The van der Waals surface area contributed by atoms with Crippen molar-refractivity contribution in [2.45, 2.75) is 25.2 Å². The van der Waals surface area contributed by atoms with Gasteiger partial charge in [-0.2, -0.15) is 0 Å². The van der Waals surface area contributed by atoms with Gasteiger partial charge in [-0.3, -0.25) is 4.79 Å². The Balaban J connectivity index is 2.13. The van der Waals surface area contributed by atoms with Gasteiger partial charge in [0.25, 0.3) is 5.91 Å². The molecule has 2 rings (SSSR count). The van der Waals surface area contributed by atoms with Gasteiger partial charge < -0.3 is 4.90 Å². The van der Waals surface area contributed by atoms with Crippen LogP contribution in [0.2, 0.25) is 0 Å². The molecule has 2 atom stereocenters. The van der Waals surface area contributed by atoms with Crippen LogP contribution in [0.5, 0.6) is 0 Å². The average Bonchev–Trinajstić information content (AvgIpc) is 2.51. The number of likely N-dealkylation sites (tertiary alicyclic amines) is 1. The van der Waals surface area contributed by atoms with Gasteiger partial charge in [-0.25, -0.2) is 13.1 Å². The quantitative estimate of drug-likeness (QED) is 0.839. The Bertz CT molecular complexity index is 658. The van der Waals surface area contributed by atoms with E-state index < -0.39 is 10.0 Å². The molecule has 6 heteroatoms. The van der Waals surface area contributed by atoms with Gasteiger partial charge in [0, 0.05) is 25.2 Å². The minimum absolute atomic E-state index is 0.0357. The van der Waals surface area contributed by atoms with Crippen molar-refractivity contribution in [1.29, 1.82) is 0 Å². The van der Waals surface area contributed by atoms with E-state index >= 15 is 0 Å². The molecule has 1 amide bonds. The SMILES string of the molecule is C=CCNS(=O)(=O)c1ccc(C(=O)N2C[C@H](C)C[C@H](C)C2)cc1. The highest BCUT2D eigenvalue weighted by atomic mass is 32.2. The number of rotatable bonds is 5. The van der Waals surface area contributed by atoms with Crippen molar-refractivity contribution >= 4 is 15.9 Å². The number of sulfonamides is 1. The summed E-state index contributed by atoms with van der Waals surface area (Å²) in [5.41, 5.74) is 0.522. The third-order valence-corrected chi connectivity index (χ3v) is 5.42. The third kappa shape index (κ3) is 4.42. The Morgan fingerprint density at radius 1 is 1.26 bits per heavy atom. The molecule has 1 aromatic carbocycles. The summed E-state index contributed by atoms with van der Waals surface area (Å²) in [4.78, 5) is 14.6. The first-order valence-corrected chi connectivity index (χ1v) is 9.31. The number of amides is 1. The van der Waals surface area contributed by atoms with Crippen molar-refractivity contribution in [3.05, 3.63) is 42.5 Å². The summed E-state index contributed by atoms with van der Waals surface area (Å²) in [6, 6.07) is 6.09. The predicted octanol–water partition coefficient (Wildman–Crippen LogP) is 2.27. The molecule has 126 valence electrons. The van der Waals surface area contributed by atoms with E-state index in [1.54, 1.807) is 12.1 Å². The summed E-state index contributed by atoms with van der Waals surface area (Å²) in [6.07, 6.45) is 2.62. The van der Waals surface area contributed by atoms with Crippen LogP contribution in [0.4, 0.5) is 0 Å². The van der Waals surface area contributed by atoms with E-state index in [1.165, 1.54) is 18.2 Å². The fraction of sp³-hybridized carbons (Fsp3) is 0.471. The van der Waals surface area contributed by atoms with Crippen LogP contribution >= 0.6 is 0 Å². The molecule has 0 bridgehead atoms. The zero-order chi connectivity index (χ0) is 17.0. The summed E-state index contributed by atoms with van der Waals surface area (Å²) < 4.78 is 26.4. The highest BCUT2D eigenvalue weighted by Crippen LogP contribution is 2.23. The largest absolute Gasteiger partial charge is 0.338 e. The van der Waals surface area contributed by atoms with Gasteiger partial charge in [-0.15, -0.1) is 6.58 Å². The summed E-state index contributed by atoms with van der Waals surface area (Å²) in [7, 11) is -3.55. The minimum atomic E-state index is -3.55. The second-order valence-corrected chi connectivity index (χ2v) is 8.09. The topological polar surface area (TPSA) is 66.5 Å². The molecule has 0 saturated carbocycles. The van der Waals surface area contributed by atoms with Gasteiger partial charge in [0.05, 0.1) is 4.90 Å². The molecule has 1 aromatic rings. The molecule has 23 heavy (non-hydrogen) atoms. The van der Waals surface area contributed by atoms with Gasteiger partial charge in [-0.1, -0.05) is 19.9 Å². The van der Waals surface area contributed by atoms with Crippen LogP contribution in [0.25, 0.3) is 0 Å².